The number of amides is 1. The highest BCUT2D eigenvalue weighted by Crippen LogP contribution is 2.35. The van der Waals surface area contributed by atoms with Crippen LogP contribution in [0.15, 0.2) is 54.7 Å². The van der Waals surface area contributed by atoms with Crippen LogP contribution in [0.2, 0.25) is 0 Å². The molecule has 0 saturated carbocycles. The van der Waals surface area contributed by atoms with Gasteiger partial charge in [0.05, 0.1) is 24.9 Å². The number of carbonyl (C=O) groups excluding carboxylic acids is 1. The first-order valence-corrected chi connectivity index (χ1v) is 9.63. The second kappa shape index (κ2) is 9.73. The summed E-state index contributed by atoms with van der Waals surface area (Å²) in [5.74, 6) is 0.395. The Kier molecular flexibility index (Phi) is 6.85. The highest BCUT2D eigenvalue weighted by Gasteiger charge is 2.15. The quantitative estimate of drug-likeness (QED) is 0.549. The number of fused-ring (bicyclic) bond motifs is 1. The van der Waals surface area contributed by atoms with Crippen LogP contribution in [0.1, 0.15) is 23.7 Å². The van der Waals surface area contributed by atoms with Crippen molar-refractivity contribution in [2.75, 3.05) is 20.3 Å². The number of halogens is 1. The molecule has 3 rings (SSSR count). The topological polar surface area (TPSA) is 86.5 Å². The van der Waals surface area contributed by atoms with E-state index in [0.717, 1.165) is 5.39 Å². The number of nitrogens with zero attached hydrogens (tertiary/aromatic N) is 1. The Bertz CT molecular complexity index is 1080. The van der Waals surface area contributed by atoms with Gasteiger partial charge in [-0.15, -0.1) is 0 Å². The van der Waals surface area contributed by atoms with Crippen molar-refractivity contribution in [1.29, 1.82) is 0 Å². The van der Waals surface area contributed by atoms with Gasteiger partial charge in [0.2, 0.25) is 0 Å². The lowest BCUT2D eigenvalue weighted by Crippen LogP contribution is -2.24. The summed E-state index contributed by atoms with van der Waals surface area (Å²) in [5.41, 5.74) is 7.58. The molecule has 1 amide bonds. The molecule has 3 aromatic rings. The van der Waals surface area contributed by atoms with Crippen LogP contribution in [-0.4, -0.2) is 31.2 Å². The molecule has 0 aliphatic heterocycles. The van der Waals surface area contributed by atoms with Crippen molar-refractivity contribution < 1.29 is 18.7 Å². The number of hydrogen-bond acceptors (Lipinski definition) is 5. The smallest absolute Gasteiger partial charge is 0.251 e. The molecule has 0 aliphatic rings. The molecule has 0 radical (unpaired) electrons. The molecule has 6 nitrogen and oxygen atoms in total. The molecule has 0 saturated heterocycles. The lowest BCUT2D eigenvalue weighted by atomic mass is 10.1. The Morgan fingerprint density at radius 1 is 1.20 bits per heavy atom. The van der Waals surface area contributed by atoms with E-state index in [-0.39, 0.29) is 5.91 Å². The van der Waals surface area contributed by atoms with Crippen molar-refractivity contribution in [3.63, 3.8) is 0 Å². The van der Waals surface area contributed by atoms with Gasteiger partial charge in [-0.3, -0.25) is 4.79 Å². The molecule has 0 atom stereocenters. The molecule has 1 aromatic heterocycles. The maximum Gasteiger partial charge on any atom is 0.251 e. The zero-order valence-electron chi connectivity index (χ0n) is 16.9. The predicted octanol–water partition coefficient (Wildman–Crippen LogP) is 4.04. The van der Waals surface area contributed by atoms with Gasteiger partial charge in [0.15, 0.2) is 0 Å². The van der Waals surface area contributed by atoms with Crippen LogP contribution < -0.4 is 20.5 Å². The molecule has 30 heavy (non-hydrogen) atoms. The molecular weight excluding hydrogens is 385 g/mol. The van der Waals surface area contributed by atoms with E-state index in [9.17, 15) is 9.18 Å². The first-order valence-electron chi connectivity index (χ1n) is 9.63. The van der Waals surface area contributed by atoms with Crippen LogP contribution in [0.25, 0.3) is 22.2 Å². The maximum absolute atomic E-state index is 13.6. The minimum atomic E-state index is -0.398. The van der Waals surface area contributed by atoms with Crippen molar-refractivity contribution in [3.8, 4) is 22.8 Å². The van der Waals surface area contributed by atoms with Gasteiger partial charge in [0.1, 0.15) is 17.3 Å². The number of carbonyl (C=O) groups is 1. The van der Waals surface area contributed by atoms with Crippen molar-refractivity contribution in [2.24, 2.45) is 5.73 Å². The molecule has 0 aliphatic carbocycles. The predicted molar refractivity (Wildman–Crippen MR) is 115 cm³/mol. The summed E-state index contributed by atoms with van der Waals surface area (Å²) in [6, 6.07) is 11.3. The molecule has 156 valence electrons. The second-order valence-corrected chi connectivity index (χ2v) is 6.49. The van der Waals surface area contributed by atoms with E-state index in [1.54, 1.807) is 30.3 Å². The average Bonchev–Trinajstić information content (AvgIpc) is 2.76. The summed E-state index contributed by atoms with van der Waals surface area (Å²) in [6.45, 7) is 2.84. The third kappa shape index (κ3) is 4.68. The van der Waals surface area contributed by atoms with Gasteiger partial charge in [-0.1, -0.05) is 6.08 Å². The fraction of sp³-hybridized carbons (Fsp3) is 0.217. The van der Waals surface area contributed by atoms with Gasteiger partial charge in [0, 0.05) is 35.2 Å². The van der Waals surface area contributed by atoms with Crippen molar-refractivity contribution in [3.05, 3.63) is 66.1 Å². The van der Waals surface area contributed by atoms with Crippen molar-refractivity contribution >= 4 is 16.8 Å². The maximum atomic E-state index is 13.6. The Morgan fingerprint density at radius 3 is 2.77 bits per heavy atom. The van der Waals surface area contributed by atoms with E-state index in [4.69, 9.17) is 15.2 Å². The molecule has 0 spiro atoms. The van der Waals surface area contributed by atoms with E-state index in [1.165, 1.54) is 25.4 Å². The molecule has 0 bridgehead atoms. The highest BCUT2D eigenvalue weighted by atomic mass is 19.1. The van der Waals surface area contributed by atoms with Gasteiger partial charge < -0.3 is 20.5 Å². The Hall–Kier alpha value is -3.61. The highest BCUT2D eigenvalue weighted by molar-refractivity contribution is 5.99. The Labute approximate surface area is 174 Å². The van der Waals surface area contributed by atoms with E-state index >= 15 is 0 Å². The molecule has 2 aromatic carbocycles. The normalized spacial score (nSPS) is 11.0. The number of benzene rings is 2. The summed E-state index contributed by atoms with van der Waals surface area (Å²) in [5, 5.41) is 3.62. The zero-order chi connectivity index (χ0) is 21.5. The average molecular weight is 409 g/mol. The Balaban J connectivity index is 2.04. The van der Waals surface area contributed by atoms with E-state index < -0.39 is 5.82 Å². The first kappa shape index (κ1) is 21.1. The zero-order valence-corrected chi connectivity index (χ0v) is 16.9. The number of nitrogens with one attached hydrogen (secondary N) is 1. The number of methoxy groups -OCH3 is 1. The fourth-order valence-corrected chi connectivity index (χ4v) is 3.09. The van der Waals surface area contributed by atoms with Gasteiger partial charge >= 0.3 is 0 Å². The lowest BCUT2D eigenvalue weighted by molar-refractivity contribution is 0.0954. The van der Waals surface area contributed by atoms with Gasteiger partial charge in [-0.05, 0) is 49.9 Å². The van der Waals surface area contributed by atoms with Crippen LogP contribution in [0.3, 0.4) is 0 Å². The third-order valence-electron chi connectivity index (χ3n) is 4.51. The Morgan fingerprint density at radius 2 is 2.03 bits per heavy atom. The van der Waals surface area contributed by atoms with Crippen LogP contribution >= 0.6 is 0 Å². The summed E-state index contributed by atoms with van der Waals surface area (Å²) < 4.78 is 24.7. The number of pyridine rings is 1. The van der Waals surface area contributed by atoms with Gasteiger partial charge in [-0.2, -0.15) is 0 Å². The number of nitrogens with two attached hydrogens (primary N) is 1. The van der Waals surface area contributed by atoms with E-state index in [0.29, 0.717) is 53.4 Å². The van der Waals surface area contributed by atoms with Crippen LogP contribution in [-0.2, 0) is 0 Å². The van der Waals surface area contributed by atoms with E-state index in [1.807, 2.05) is 13.0 Å². The molecule has 0 fully saturated rings. The largest absolute Gasteiger partial charge is 0.496 e. The number of aromatic nitrogens is 1. The minimum Gasteiger partial charge on any atom is -0.496 e. The van der Waals surface area contributed by atoms with Crippen LogP contribution in [0.5, 0.6) is 11.5 Å². The summed E-state index contributed by atoms with van der Waals surface area (Å²) in [4.78, 5) is 17.2. The lowest BCUT2D eigenvalue weighted by Gasteiger charge is -2.13. The summed E-state index contributed by atoms with van der Waals surface area (Å²) >= 11 is 0. The molecule has 7 heteroatoms. The standard InChI is InChI=1S/C23H24FN3O3/c1-3-30-22-14-20(17-9-7-16(24)13-21(17)29-2)27-19-12-15(6-8-18(19)22)23(28)26-11-5-4-10-25/h4,6-10,12-14H,3,5,11,25H2,1-2H3,(H,26,28)/b10-4+. The number of ether oxygens (including phenoxy) is 2. The van der Waals surface area contributed by atoms with E-state index in [2.05, 4.69) is 10.3 Å². The summed E-state index contributed by atoms with van der Waals surface area (Å²) in [7, 11) is 1.48. The van der Waals surface area contributed by atoms with Crippen LogP contribution in [0, 0.1) is 5.82 Å². The molecule has 0 unspecified atom stereocenters. The second-order valence-electron chi connectivity index (χ2n) is 6.49. The summed E-state index contributed by atoms with van der Waals surface area (Å²) in [6.07, 6.45) is 3.88. The third-order valence-corrected chi connectivity index (χ3v) is 4.51. The molecule has 1 heterocycles. The van der Waals surface area contributed by atoms with Gasteiger partial charge in [-0.25, -0.2) is 9.37 Å². The number of hydrogen-bond donors (Lipinski definition) is 2. The minimum absolute atomic E-state index is 0.202. The number of rotatable bonds is 8. The molecule has 3 N–H and O–H groups in total. The first-order chi connectivity index (χ1) is 14.6. The van der Waals surface area contributed by atoms with Crippen LogP contribution in [0.4, 0.5) is 4.39 Å². The molecular formula is C23H24FN3O3. The monoisotopic (exact) mass is 409 g/mol. The SMILES string of the molecule is CCOc1cc(-c2ccc(F)cc2OC)nc2cc(C(=O)NCC/C=C/N)ccc12. The fourth-order valence-electron chi connectivity index (χ4n) is 3.09. The van der Waals surface area contributed by atoms with Crippen molar-refractivity contribution in [2.45, 2.75) is 13.3 Å². The van der Waals surface area contributed by atoms with Gasteiger partial charge in [0.25, 0.3) is 5.91 Å². The van der Waals surface area contributed by atoms with Crippen molar-refractivity contribution in [1.82, 2.24) is 10.3 Å².